The summed E-state index contributed by atoms with van der Waals surface area (Å²) in [6.45, 7) is 2.18. The first kappa shape index (κ1) is 8.70. The van der Waals surface area contributed by atoms with E-state index in [9.17, 15) is 0 Å². The lowest BCUT2D eigenvalue weighted by molar-refractivity contribution is 0.916. The summed E-state index contributed by atoms with van der Waals surface area (Å²) in [6, 6.07) is 8.37. The second kappa shape index (κ2) is 3.11. The number of fused-ring (bicyclic) bond motifs is 1. The normalized spacial score (nSPS) is 25.1. The number of hydrogen-bond acceptors (Lipinski definition) is 2. The van der Waals surface area contributed by atoms with Crippen molar-refractivity contribution in [1.29, 1.82) is 0 Å². The Balaban J connectivity index is 2.39. The van der Waals surface area contributed by atoms with Crippen molar-refractivity contribution >= 4 is 23.5 Å². The fraction of sp³-hybridized carbons (Fsp3) is 0.273. The average Bonchev–Trinajstić information content (AvgIpc) is 2.18. The maximum Gasteiger partial charge on any atom is 0.0992 e. The number of benzene rings is 1. The largest absolute Gasteiger partial charge is 0.367 e. The fourth-order valence-electron chi connectivity index (χ4n) is 1.43. The third-order valence-corrected chi connectivity index (χ3v) is 3.43. The predicted molar refractivity (Wildman–Crippen MR) is 61.0 cm³/mol. The van der Waals surface area contributed by atoms with E-state index in [0.29, 0.717) is 0 Å². The Morgan fingerprint density at radius 2 is 2.08 bits per heavy atom. The van der Waals surface area contributed by atoms with E-state index < -0.39 is 0 Å². The SMILES string of the molecule is CSC1(C)C=Cc2ccccc2N1. The van der Waals surface area contributed by atoms with E-state index in [1.54, 1.807) is 0 Å². The summed E-state index contributed by atoms with van der Waals surface area (Å²) in [7, 11) is 0. The highest BCUT2D eigenvalue weighted by Gasteiger charge is 2.22. The van der Waals surface area contributed by atoms with Crippen LogP contribution in [0.2, 0.25) is 0 Å². The van der Waals surface area contributed by atoms with Gasteiger partial charge in [-0.3, -0.25) is 0 Å². The quantitative estimate of drug-likeness (QED) is 0.731. The van der Waals surface area contributed by atoms with E-state index in [1.165, 1.54) is 11.3 Å². The van der Waals surface area contributed by atoms with Crippen molar-refractivity contribution in [3.8, 4) is 0 Å². The first-order valence-corrected chi connectivity index (χ1v) is 5.58. The summed E-state index contributed by atoms with van der Waals surface area (Å²) in [4.78, 5) is 0.0500. The van der Waals surface area contributed by atoms with Crippen LogP contribution in [0, 0.1) is 0 Å². The maximum absolute atomic E-state index is 3.50. The van der Waals surface area contributed by atoms with Gasteiger partial charge in [-0.1, -0.05) is 24.3 Å². The molecular formula is C11H13NS. The zero-order valence-electron chi connectivity index (χ0n) is 7.87. The molecule has 1 unspecified atom stereocenters. The van der Waals surface area contributed by atoms with Gasteiger partial charge in [0.05, 0.1) is 4.87 Å². The predicted octanol–water partition coefficient (Wildman–Crippen LogP) is 3.20. The molecule has 0 spiro atoms. The number of rotatable bonds is 1. The van der Waals surface area contributed by atoms with Crippen LogP contribution in [0.5, 0.6) is 0 Å². The molecule has 0 saturated heterocycles. The Morgan fingerprint density at radius 3 is 2.85 bits per heavy atom. The summed E-state index contributed by atoms with van der Waals surface area (Å²) >= 11 is 1.81. The zero-order chi connectivity index (χ0) is 9.31. The first-order chi connectivity index (χ1) is 6.23. The molecule has 1 heterocycles. The molecular weight excluding hydrogens is 178 g/mol. The highest BCUT2D eigenvalue weighted by molar-refractivity contribution is 8.00. The van der Waals surface area contributed by atoms with Crippen LogP contribution >= 0.6 is 11.8 Å². The van der Waals surface area contributed by atoms with Gasteiger partial charge in [0.1, 0.15) is 0 Å². The monoisotopic (exact) mass is 191 g/mol. The number of anilines is 1. The van der Waals surface area contributed by atoms with Crippen LogP contribution < -0.4 is 5.32 Å². The Kier molecular flexibility index (Phi) is 2.08. The van der Waals surface area contributed by atoms with Crippen molar-refractivity contribution in [3.63, 3.8) is 0 Å². The van der Waals surface area contributed by atoms with Crippen molar-refractivity contribution in [1.82, 2.24) is 0 Å². The number of hydrogen-bond donors (Lipinski definition) is 1. The molecule has 0 saturated carbocycles. The Hall–Kier alpha value is -0.890. The number of nitrogens with one attached hydrogen (secondary N) is 1. The molecule has 13 heavy (non-hydrogen) atoms. The highest BCUT2D eigenvalue weighted by atomic mass is 32.2. The van der Waals surface area contributed by atoms with Crippen LogP contribution in [0.25, 0.3) is 6.08 Å². The second-order valence-corrected chi connectivity index (χ2v) is 4.61. The van der Waals surface area contributed by atoms with Crippen molar-refractivity contribution < 1.29 is 0 Å². The van der Waals surface area contributed by atoms with E-state index in [4.69, 9.17) is 0 Å². The molecule has 1 aliphatic heterocycles. The molecule has 1 aliphatic rings. The molecule has 1 atom stereocenters. The molecule has 1 aromatic rings. The third kappa shape index (κ3) is 1.59. The van der Waals surface area contributed by atoms with Gasteiger partial charge < -0.3 is 5.32 Å². The molecule has 0 aromatic heterocycles. The molecule has 0 bridgehead atoms. The molecule has 2 rings (SSSR count). The highest BCUT2D eigenvalue weighted by Crippen LogP contribution is 2.33. The second-order valence-electron chi connectivity index (χ2n) is 3.36. The van der Waals surface area contributed by atoms with Crippen molar-refractivity contribution in [2.45, 2.75) is 11.8 Å². The number of para-hydroxylation sites is 1. The maximum atomic E-state index is 3.50. The topological polar surface area (TPSA) is 12.0 Å². The molecule has 68 valence electrons. The van der Waals surface area contributed by atoms with E-state index >= 15 is 0 Å². The van der Waals surface area contributed by atoms with Crippen molar-refractivity contribution in [2.75, 3.05) is 11.6 Å². The molecule has 1 nitrogen and oxygen atoms in total. The minimum atomic E-state index is 0.0500. The van der Waals surface area contributed by atoms with E-state index in [0.717, 1.165) is 0 Å². The molecule has 2 heteroatoms. The molecule has 1 N–H and O–H groups in total. The van der Waals surface area contributed by atoms with Crippen molar-refractivity contribution in [2.24, 2.45) is 0 Å². The first-order valence-electron chi connectivity index (χ1n) is 4.35. The van der Waals surface area contributed by atoms with Gasteiger partial charge in [-0.05, 0) is 30.9 Å². The average molecular weight is 191 g/mol. The van der Waals surface area contributed by atoms with Crippen LogP contribution in [-0.2, 0) is 0 Å². The summed E-state index contributed by atoms with van der Waals surface area (Å²) in [5.41, 5.74) is 2.50. The van der Waals surface area contributed by atoms with Gasteiger partial charge in [0.2, 0.25) is 0 Å². The van der Waals surface area contributed by atoms with Crippen LogP contribution in [0.3, 0.4) is 0 Å². The van der Waals surface area contributed by atoms with Gasteiger partial charge in [-0.25, -0.2) is 0 Å². The lowest BCUT2D eigenvalue weighted by Crippen LogP contribution is -2.30. The molecule has 0 fully saturated rings. The minimum Gasteiger partial charge on any atom is -0.367 e. The van der Waals surface area contributed by atoms with Crippen LogP contribution in [0.4, 0.5) is 5.69 Å². The minimum absolute atomic E-state index is 0.0500. The lowest BCUT2D eigenvalue weighted by Gasteiger charge is -2.30. The Labute approximate surface area is 83.2 Å². The van der Waals surface area contributed by atoms with E-state index in [2.05, 4.69) is 54.9 Å². The van der Waals surface area contributed by atoms with Gasteiger partial charge in [-0.15, -0.1) is 11.8 Å². The Morgan fingerprint density at radius 1 is 1.31 bits per heavy atom. The molecule has 0 radical (unpaired) electrons. The molecule has 0 aliphatic carbocycles. The molecule has 0 amide bonds. The van der Waals surface area contributed by atoms with Crippen LogP contribution in [-0.4, -0.2) is 11.1 Å². The van der Waals surface area contributed by atoms with E-state index in [-0.39, 0.29) is 4.87 Å². The summed E-state index contributed by atoms with van der Waals surface area (Å²) in [5.74, 6) is 0. The van der Waals surface area contributed by atoms with Crippen molar-refractivity contribution in [3.05, 3.63) is 35.9 Å². The van der Waals surface area contributed by atoms with Gasteiger partial charge >= 0.3 is 0 Å². The van der Waals surface area contributed by atoms with E-state index in [1.807, 2.05) is 11.8 Å². The van der Waals surface area contributed by atoms with Crippen LogP contribution in [0.1, 0.15) is 12.5 Å². The van der Waals surface area contributed by atoms with Gasteiger partial charge in [0.25, 0.3) is 0 Å². The summed E-state index contributed by atoms with van der Waals surface area (Å²) in [5, 5.41) is 3.50. The van der Waals surface area contributed by atoms with Gasteiger partial charge in [-0.2, -0.15) is 0 Å². The van der Waals surface area contributed by atoms with Gasteiger partial charge in [0, 0.05) is 5.69 Å². The molecule has 1 aromatic carbocycles. The standard InChI is InChI=1S/C11H13NS/c1-11(13-2)8-7-9-5-3-4-6-10(9)12-11/h3-8,12H,1-2H3. The Bertz CT molecular complexity index is 346. The number of thioether (sulfide) groups is 1. The fourth-order valence-corrected chi connectivity index (χ4v) is 1.85. The summed E-state index contributed by atoms with van der Waals surface area (Å²) in [6.07, 6.45) is 6.51. The lowest BCUT2D eigenvalue weighted by atomic mass is 10.1. The van der Waals surface area contributed by atoms with Crippen LogP contribution in [0.15, 0.2) is 30.3 Å². The smallest absolute Gasteiger partial charge is 0.0992 e. The summed E-state index contributed by atoms with van der Waals surface area (Å²) < 4.78 is 0. The third-order valence-electron chi connectivity index (χ3n) is 2.35. The van der Waals surface area contributed by atoms with Gasteiger partial charge in [0.15, 0.2) is 0 Å². The zero-order valence-corrected chi connectivity index (χ0v) is 8.69.